The molecule has 1 atom stereocenters. The van der Waals surface area contributed by atoms with Gasteiger partial charge in [-0.15, -0.1) is 0 Å². The molecule has 96 valence electrons. The van der Waals surface area contributed by atoms with Crippen LogP contribution in [0.4, 0.5) is 8.78 Å². The lowest BCUT2D eigenvalue weighted by Gasteiger charge is -2.30. The van der Waals surface area contributed by atoms with E-state index in [4.69, 9.17) is 5.11 Å². The van der Waals surface area contributed by atoms with Gasteiger partial charge < -0.3 is 15.2 Å². The lowest BCUT2D eigenvalue weighted by atomic mass is 9.88. The summed E-state index contributed by atoms with van der Waals surface area (Å²) in [7, 11) is 1.72. The molecule has 0 heterocycles. The molecule has 0 radical (unpaired) electrons. The lowest BCUT2D eigenvalue weighted by molar-refractivity contribution is -0.0512. The van der Waals surface area contributed by atoms with Crippen molar-refractivity contribution in [3.05, 3.63) is 29.8 Å². The van der Waals surface area contributed by atoms with Gasteiger partial charge in [0.1, 0.15) is 5.75 Å². The molecule has 1 aromatic rings. The fraction of sp³-hybridized carbons (Fsp3) is 0.500. The van der Waals surface area contributed by atoms with E-state index in [1.807, 2.05) is 6.92 Å². The smallest absolute Gasteiger partial charge is 0.387 e. The SMILES string of the molecule is CNC(C)(CCO)c1ccccc1OC(F)F. The van der Waals surface area contributed by atoms with E-state index >= 15 is 0 Å². The molecule has 0 amide bonds. The van der Waals surface area contributed by atoms with Crippen molar-refractivity contribution in [3.8, 4) is 5.75 Å². The van der Waals surface area contributed by atoms with E-state index in [0.717, 1.165) is 0 Å². The number of hydrogen-bond donors (Lipinski definition) is 2. The van der Waals surface area contributed by atoms with Crippen LogP contribution in [0.1, 0.15) is 18.9 Å². The molecule has 0 aliphatic carbocycles. The van der Waals surface area contributed by atoms with Gasteiger partial charge in [0.05, 0.1) is 0 Å². The molecule has 0 spiro atoms. The monoisotopic (exact) mass is 245 g/mol. The number of hydrogen-bond acceptors (Lipinski definition) is 3. The maximum Gasteiger partial charge on any atom is 0.387 e. The topological polar surface area (TPSA) is 41.5 Å². The Morgan fingerprint density at radius 1 is 1.41 bits per heavy atom. The summed E-state index contributed by atoms with van der Waals surface area (Å²) in [6, 6.07) is 6.59. The highest BCUT2D eigenvalue weighted by molar-refractivity contribution is 5.38. The fourth-order valence-electron chi connectivity index (χ4n) is 1.74. The zero-order valence-electron chi connectivity index (χ0n) is 9.91. The van der Waals surface area contributed by atoms with E-state index in [0.29, 0.717) is 12.0 Å². The number of benzene rings is 1. The van der Waals surface area contributed by atoms with Crippen molar-refractivity contribution in [2.75, 3.05) is 13.7 Å². The average molecular weight is 245 g/mol. The van der Waals surface area contributed by atoms with Crippen molar-refractivity contribution >= 4 is 0 Å². The minimum Gasteiger partial charge on any atom is -0.434 e. The number of aliphatic hydroxyl groups is 1. The van der Waals surface area contributed by atoms with Gasteiger partial charge >= 0.3 is 6.61 Å². The first-order valence-corrected chi connectivity index (χ1v) is 5.37. The number of para-hydroxylation sites is 1. The molecule has 0 aliphatic heterocycles. The van der Waals surface area contributed by atoms with Crippen LogP contribution in [0.2, 0.25) is 0 Å². The van der Waals surface area contributed by atoms with Gasteiger partial charge in [-0.1, -0.05) is 18.2 Å². The third-order valence-corrected chi connectivity index (χ3v) is 2.86. The summed E-state index contributed by atoms with van der Waals surface area (Å²) in [4.78, 5) is 0. The van der Waals surface area contributed by atoms with Crippen LogP contribution in [-0.4, -0.2) is 25.4 Å². The van der Waals surface area contributed by atoms with Gasteiger partial charge in [0.25, 0.3) is 0 Å². The van der Waals surface area contributed by atoms with Crippen molar-refractivity contribution < 1.29 is 18.6 Å². The summed E-state index contributed by atoms with van der Waals surface area (Å²) in [5, 5.41) is 12.1. The van der Waals surface area contributed by atoms with Crippen LogP contribution in [0.25, 0.3) is 0 Å². The van der Waals surface area contributed by atoms with Gasteiger partial charge in [0.15, 0.2) is 0 Å². The number of alkyl halides is 2. The van der Waals surface area contributed by atoms with E-state index in [9.17, 15) is 8.78 Å². The molecule has 0 fully saturated rings. The molecular weight excluding hydrogens is 228 g/mol. The van der Waals surface area contributed by atoms with Crippen LogP contribution >= 0.6 is 0 Å². The Hall–Kier alpha value is -1.20. The van der Waals surface area contributed by atoms with Crippen LogP contribution < -0.4 is 10.1 Å². The maximum atomic E-state index is 12.3. The number of ether oxygens (including phenoxy) is 1. The second-order valence-electron chi connectivity index (χ2n) is 3.93. The summed E-state index contributed by atoms with van der Waals surface area (Å²) in [5.41, 5.74) is 0.0112. The highest BCUT2D eigenvalue weighted by Crippen LogP contribution is 2.32. The predicted molar refractivity (Wildman–Crippen MR) is 61.2 cm³/mol. The van der Waals surface area contributed by atoms with Gasteiger partial charge in [-0.25, -0.2) is 0 Å². The number of rotatable bonds is 6. The Balaban J connectivity index is 3.09. The van der Waals surface area contributed by atoms with Crippen molar-refractivity contribution in [2.45, 2.75) is 25.5 Å². The molecule has 0 bridgehead atoms. The molecule has 5 heteroatoms. The zero-order chi connectivity index (χ0) is 12.9. The van der Waals surface area contributed by atoms with Crippen LogP contribution in [0.5, 0.6) is 5.75 Å². The lowest BCUT2D eigenvalue weighted by Crippen LogP contribution is -2.38. The van der Waals surface area contributed by atoms with Crippen molar-refractivity contribution in [1.82, 2.24) is 5.32 Å². The zero-order valence-corrected chi connectivity index (χ0v) is 9.91. The van der Waals surface area contributed by atoms with Crippen molar-refractivity contribution in [1.29, 1.82) is 0 Å². The first-order chi connectivity index (χ1) is 8.03. The molecule has 1 unspecified atom stereocenters. The Bertz CT molecular complexity index is 360. The van der Waals surface area contributed by atoms with E-state index in [-0.39, 0.29) is 12.4 Å². The van der Waals surface area contributed by atoms with E-state index < -0.39 is 12.2 Å². The number of aliphatic hydroxyl groups excluding tert-OH is 1. The van der Waals surface area contributed by atoms with Gasteiger partial charge in [0, 0.05) is 17.7 Å². The Morgan fingerprint density at radius 3 is 2.59 bits per heavy atom. The maximum absolute atomic E-state index is 12.3. The Morgan fingerprint density at radius 2 is 2.06 bits per heavy atom. The third-order valence-electron chi connectivity index (χ3n) is 2.86. The molecule has 17 heavy (non-hydrogen) atoms. The Kier molecular flexibility index (Phi) is 4.84. The molecule has 2 N–H and O–H groups in total. The second kappa shape index (κ2) is 5.93. The fourth-order valence-corrected chi connectivity index (χ4v) is 1.74. The third kappa shape index (κ3) is 3.38. The molecule has 0 aromatic heterocycles. The molecule has 0 saturated carbocycles. The summed E-state index contributed by atoms with van der Waals surface area (Å²) in [5.74, 6) is 0.132. The molecule has 3 nitrogen and oxygen atoms in total. The summed E-state index contributed by atoms with van der Waals surface area (Å²) in [6.07, 6.45) is 0.410. The number of halogens is 2. The van der Waals surface area contributed by atoms with Gasteiger partial charge in [0.2, 0.25) is 0 Å². The standard InChI is InChI=1S/C12H17F2NO2/c1-12(15-2,7-8-16)9-5-3-4-6-10(9)17-11(13)14/h3-6,11,15-16H,7-8H2,1-2H3. The average Bonchev–Trinajstić information content (AvgIpc) is 2.29. The quantitative estimate of drug-likeness (QED) is 0.806. The van der Waals surface area contributed by atoms with E-state index in [1.54, 1.807) is 25.2 Å². The minimum absolute atomic E-state index is 0.0413. The second-order valence-corrected chi connectivity index (χ2v) is 3.93. The minimum atomic E-state index is -2.86. The molecular formula is C12H17F2NO2. The van der Waals surface area contributed by atoms with Crippen molar-refractivity contribution in [2.24, 2.45) is 0 Å². The molecule has 0 aliphatic rings. The largest absolute Gasteiger partial charge is 0.434 e. The normalized spacial score (nSPS) is 14.7. The first kappa shape index (κ1) is 13.9. The summed E-state index contributed by atoms with van der Waals surface area (Å²) in [6.45, 7) is -1.07. The van der Waals surface area contributed by atoms with Crippen LogP contribution in [0, 0.1) is 0 Å². The molecule has 0 saturated heterocycles. The van der Waals surface area contributed by atoms with Gasteiger partial charge in [-0.05, 0) is 26.5 Å². The molecule has 1 rings (SSSR count). The number of nitrogens with one attached hydrogen (secondary N) is 1. The summed E-state index contributed by atoms with van der Waals surface area (Å²) >= 11 is 0. The molecule has 1 aromatic carbocycles. The summed E-state index contributed by atoms with van der Waals surface area (Å²) < 4.78 is 29.1. The first-order valence-electron chi connectivity index (χ1n) is 5.37. The highest BCUT2D eigenvalue weighted by atomic mass is 19.3. The van der Waals surface area contributed by atoms with Crippen LogP contribution in [0.15, 0.2) is 24.3 Å². The van der Waals surface area contributed by atoms with E-state index in [1.165, 1.54) is 6.07 Å². The van der Waals surface area contributed by atoms with E-state index in [2.05, 4.69) is 10.1 Å². The van der Waals surface area contributed by atoms with Crippen LogP contribution in [-0.2, 0) is 5.54 Å². The van der Waals surface area contributed by atoms with Crippen molar-refractivity contribution in [3.63, 3.8) is 0 Å². The predicted octanol–water partition coefficient (Wildman–Crippen LogP) is 2.11. The highest BCUT2D eigenvalue weighted by Gasteiger charge is 2.28. The van der Waals surface area contributed by atoms with Crippen LogP contribution in [0.3, 0.4) is 0 Å². The van der Waals surface area contributed by atoms with Gasteiger partial charge in [-0.2, -0.15) is 8.78 Å². The van der Waals surface area contributed by atoms with Gasteiger partial charge in [-0.3, -0.25) is 0 Å². The Labute approximate surface area is 99.4 Å².